The highest BCUT2D eigenvalue weighted by molar-refractivity contribution is 8.01. The molecule has 0 heterocycles. The van der Waals surface area contributed by atoms with Gasteiger partial charge in [-0.3, -0.25) is 0 Å². The van der Waals surface area contributed by atoms with Gasteiger partial charge in [-0.25, -0.2) is 0 Å². The number of hydrogen-bond donors (Lipinski definition) is 0. The first kappa shape index (κ1) is 4.64. The molecule has 0 aromatic rings. The van der Waals surface area contributed by atoms with Crippen LogP contribution < -0.4 is 0 Å². The zero-order valence-electron chi connectivity index (χ0n) is 2.20. The van der Waals surface area contributed by atoms with E-state index in [1.807, 2.05) is 0 Å². The lowest BCUT2D eigenvalue weighted by atomic mass is 11.9. The minimum atomic E-state index is 0.597. The van der Waals surface area contributed by atoms with E-state index in [-0.39, 0.29) is 0 Å². The Bertz CT molecular complexity index is 8.00. The standard InChI is InChI=1S/C2H4ClS/c1-4-2-3/h1-2H2. The largest absolute Gasteiger partial charge is 0.145 e. The molecule has 0 nitrogen and oxygen atoms in total. The fraction of sp³-hybridized carbons (Fsp3) is 0.500. The van der Waals surface area contributed by atoms with Crippen LogP contribution in [0.4, 0.5) is 0 Å². The molecule has 0 aliphatic heterocycles. The second kappa shape index (κ2) is 3.64. The SMILES string of the molecule is [CH2]SCCl. The lowest BCUT2D eigenvalue weighted by Gasteiger charge is -1.66. The number of alkyl halides is 1. The highest BCUT2D eigenvalue weighted by atomic mass is 35.5. The summed E-state index contributed by atoms with van der Waals surface area (Å²) in [5, 5.41) is 0.597. The topological polar surface area (TPSA) is 0 Å². The Kier molecular flexibility index (Phi) is 4.22. The van der Waals surface area contributed by atoms with E-state index in [4.69, 9.17) is 11.6 Å². The second-order valence-corrected chi connectivity index (χ2v) is 1.59. The van der Waals surface area contributed by atoms with Gasteiger partial charge in [0.05, 0.1) is 5.21 Å². The van der Waals surface area contributed by atoms with E-state index < -0.39 is 0 Å². The van der Waals surface area contributed by atoms with Crippen LogP contribution in [0.2, 0.25) is 0 Å². The molecule has 0 bridgehead atoms. The molecular formula is C2H4ClS. The Morgan fingerprint density at radius 3 is 2.25 bits per heavy atom. The monoisotopic (exact) mass is 95.0 g/mol. The zero-order chi connectivity index (χ0) is 3.41. The third-order valence-electron chi connectivity index (χ3n) is 0.0772. The van der Waals surface area contributed by atoms with Crippen molar-refractivity contribution < 1.29 is 0 Å². The van der Waals surface area contributed by atoms with Crippen molar-refractivity contribution in [3.8, 4) is 0 Å². The average molecular weight is 95.6 g/mol. The van der Waals surface area contributed by atoms with E-state index in [1.54, 1.807) is 0 Å². The molecule has 2 heteroatoms. The van der Waals surface area contributed by atoms with Gasteiger partial charge in [-0.15, -0.1) is 23.4 Å². The lowest BCUT2D eigenvalue weighted by Crippen LogP contribution is -1.40. The van der Waals surface area contributed by atoms with Crippen LogP contribution in [-0.2, 0) is 0 Å². The van der Waals surface area contributed by atoms with Gasteiger partial charge in [0.15, 0.2) is 0 Å². The highest BCUT2D eigenvalue weighted by Crippen LogP contribution is 1.94. The second-order valence-electron chi connectivity index (χ2n) is 0.313. The summed E-state index contributed by atoms with van der Waals surface area (Å²) in [6.45, 7) is 0. The maximum atomic E-state index is 5.09. The molecule has 0 fully saturated rings. The predicted octanol–water partition coefficient (Wildman–Crippen LogP) is 1.71. The third-order valence-corrected chi connectivity index (χ3v) is 0.694. The molecule has 4 heavy (non-hydrogen) atoms. The molecule has 0 aromatic carbocycles. The maximum absolute atomic E-state index is 5.09. The number of hydrogen-bond acceptors (Lipinski definition) is 1. The van der Waals surface area contributed by atoms with Crippen LogP contribution >= 0.6 is 23.4 Å². The van der Waals surface area contributed by atoms with Crippen LogP contribution in [-0.4, -0.2) is 5.21 Å². The van der Waals surface area contributed by atoms with Crippen LogP contribution in [0, 0.1) is 6.26 Å². The van der Waals surface area contributed by atoms with E-state index in [1.165, 1.54) is 11.8 Å². The van der Waals surface area contributed by atoms with Crippen molar-refractivity contribution in [3.05, 3.63) is 6.26 Å². The molecule has 0 rings (SSSR count). The molecule has 0 aromatic heterocycles. The molecular weight excluding hydrogens is 91.5 g/mol. The Labute approximate surface area is 35.5 Å². The Morgan fingerprint density at radius 2 is 2.25 bits per heavy atom. The normalized spacial score (nSPS) is 7.50. The van der Waals surface area contributed by atoms with E-state index in [0.717, 1.165) is 0 Å². The molecule has 0 aliphatic carbocycles. The predicted molar refractivity (Wildman–Crippen MR) is 23.7 cm³/mol. The summed E-state index contributed by atoms with van der Waals surface area (Å²) in [7, 11) is 0. The van der Waals surface area contributed by atoms with Gasteiger partial charge in [0.1, 0.15) is 0 Å². The van der Waals surface area contributed by atoms with Crippen LogP contribution in [0.5, 0.6) is 0 Å². The summed E-state index contributed by atoms with van der Waals surface area (Å²) in [6.07, 6.45) is 3.39. The van der Waals surface area contributed by atoms with Crippen molar-refractivity contribution in [2.24, 2.45) is 0 Å². The summed E-state index contributed by atoms with van der Waals surface area (Å²) >= 11 is 6.46. The summed E-state index contributed by atoms with van der Waals surface area (Å²) in [6, 6.07) is 0. The molecule has 0 amide bonds. The van der Waals surface area contributed by atoms with Crippen molar-refractivity contribution >= 4 is 23.4 Å². The first-order valence-electron chi connectivity index (χ1n) is 0.845. The van der Waals surface area contributed by atoms with Crippen molar-refractivity contribution in [1.29, 1.82) is 0 Å². The summed E-state index contributed by atoms with van der Waals surface area (Å²) in [4.78, 5) is 0. The van der Waals surface area contributed by atoms with E-state index in [0.29, 0.717) is 5.21 Å². The zero-order valence-corrected chi connectivity index (χ0v) is 3.77. The molecule has 0 spiro atoms. The Morgan fingerprint density at radius 1 is 2.00 bits per heavy atom. The number of halogens is 1. The van der Waals surface area contributed by atoms with Crippen molar-refractivity contribution in [2.45, 2.75) is 0 Å². The van der Waals surface area contributed by atoms with E-state index in [9.17, 15) is 0 Å². The number of thioether (sulfide) groups is 1. The van der Waals surface area contributed by atoms with Gasteiger partial charge >= 0.3 is 0 Å². The van der Waals surface area contributed by atoms with Gasteiger partial charge < -0.3 is 0 Å². The smallest absolute Gasteiger partial charge is 0.0680 e. The quantitative estimate of drug-likeness (QED) is 0.447. The van der Waals surface area contributed by atoms with Gasteiger partial charge in [0.25, 0.3) is 0 Å². The molecule has 0 aliphatic rings. The average Bonchev–Trinajstić information content (AvgIpc) is 1.37. The van der Waals surface area contributed by atoms with Crippen molar-refractivity contribution in [2.75, 3.05) is 5.21 Å². The highest BCUT2D eigenvalue weighted by Gasteiger charge is 1.58. The fourth-order valence-electron chi connectivity index (χ4n) is 0. The first-order valence-corrected chi connectivity index (χ1v) is 2.53. The van der Waals surface area contributed by atoms with Gasteiger partial charge in [-0.05, 0) is 0 Å². The molecule has 0 N–H and O–H groups in total. The van der Waals surface area contributed by atoms with Crippen LogP contribution in [0.25, 0.3) is 0 Å². The van der Waals surface area contributed by atoms with Crippen molar-refractivity contribution in [3.63, 3.8) is 0 Å². The van der Waals surface area contributed by atoms with Gasteiger partial charge in [0, 0.05) is 6.26 Å². The Hall–Kier alpha value is 0.640. The molecule has 0 atom stereocenters. The minimum absolute atomic E-state index is 0.597. The maximum Gasteiger partial charge on any atom is 0.0680 e. The van der Waals surface area contributed by atoms with E-state index >= 15 is 0 Å². The summed E-state index contributed by atoms with van der Waals surface area (Å²) < 4.78 is 0. The van der Waals surface area contributed by atoms with Gasteiger partial charge in [-0.2, -0.15) is 0 Å². The van der Waals surface area contributed by atoms with Crippen LogP contribution in [0.1, 0.15) is 0 Å². The molecule has 0 saturated carbocycles. The van der Waals surface area contributed by atoms with Gasteiger partial charge in [0.2, 0.25) is 0 Å². The first-order chi connectivity index (χ1) is 1.91. The Balaban J connectivity index is 1.97. The summed E-state index contributed by atoms with van der Waals surface area (Å²) in [5.41, 5.74) is 0. The van der Waals surface area contributed by atoms with Crippen LogP contribution in [0.15, 0.2) is 0 Å². The molecule has 0 saturated heterocycles. The van der Waals surface area contributed by atoms with Crippen molar-refractivity contribution in [1.82, 2.24) is 0 Å². The van der Waals surface area contributed by atoms with Gasteiger partial charge in [-0.1, -0.05) is 0 Å². The van der Waals surface area contributed by atoms with E-state index in [2.05, 4.69) is 6.26 Å². The fourth-order valence-corrected chi connectivity index (χ4v) is 0. The summed E-state index contributed by atoms with van der Waals surface area (Å²) in [5.74, 6) is 0. The molecule has 0 unspecified atom stereocenters. The van der Waals surface area contributed by atoms with Crippen LogP contribution in [0.3, 0.4) is 0 Å². The third kappa shape index (κ3) is 2.64. The molecule has 1 radical (unpaired) electrons. The number of rotatable bonds is 1. The lowest BCUT2D eigenvalue weighted by molar-refractivity contribution is 2.25. The molecule has 25 valence electrons. The minimum Gasteiger partial charge on any atom is -0.145 e.